The van der Waals surface area contributed by atoms with Crippen LogP contribution >= 0.6 is 11.3 Å². The predicted octanol–water partition coefficient (Wildman–Crippen LogP) is 4.75. The second-order valence-electron chi connectivity index (χ2n) is 7.75. The second kappa shape index (κ2) is 9.00. The van der Waals surface area contributed by atoms with E-state index in [0.717, 1.165) is 31.2 Å². The third kappa shape index (κ3) is 4.00. The van der Waals surface area contributed by atoms with E-state index in [1.54, 1.807) is 30.3 Å². The summed E-state index contributed by atoms with van der Waals surface area (Å²) in [5.74, 6) is 0.132. The van der Waals surface area contributed by atoms with Crippen molar-refractivity contribution in [2.24, 2.45) is 0 Å². The van der Waals surface area contributed by atoms with E-state index in [0.29, 0.717) is 21.5 Å². The number of hydrogen-bond donors (Lipinski definition) is 1. The number of aryl methyl sites for hydroxylation is 2. The van der Waals surface area contributed by atoms with Crippen LogP contribution in [0.25, 0.3) is 21.9 Å². The van der Waals surface area contributed by atoms with Crippen molar-refractivity contribution in [3.05, 3.63) is 74.5 Å². The van der Waals surface area contributed by atoms with Gasteiger partial charge in [-0.25, -0.2) is 9.78 Å². The molecule has 1 N–H and O–H groups in total. The largest absolute Gasteiger partial charge is 0.493 e. The first-order chi connectivity index (χ1) is 16.6. The van der Waals surface area contributed by atoms with Gasteiger partial charge in [-0.2, -0.15) is 5.26 Å². The molecule has 4 aromatic rings. The average Bonchev–Trinajstić information content (AvgIpc) is 3.51. The number of rotatable bonds is 5. The minimum Gasteiger partial charge on any atom is -0.493 e. The number of nitrogens with one attached hydrogen (secondary N) is 1. The Bertz CT molecular complexity index is 1520. The predicted molar refractivity (Wildman–Crippen MR) is 127 cm³/mol. The number of fused-ring (bicyclic) bond motifs is 3. The number of ether oxygens (including phenoxy) is 2. The number of furan rings is 1. The summed E-state index contributed by atoms with van der Waals surface area (Å²) in [4.78, 5) is 34.3. The zero-order chi connectivity index (χ0) is 23.7. The Hall–Kier alpha value is -4.16. The summed E-state index contributed by atoms with van der Waals surface area (Å²) in [6, 6.07) is 10.1. The molecule has 1 aliphatic carbocycles. The van der Waals surface area contributed by atoms with Crippen LogP contribution in [-0.4, -0.2) is 23.0 Å². The molecule has 0 amide bonds. The molecule has 0 spiro atoms. The van der Waals surface area contributed by atoms with Crippen LogP contribution in [-0.2, 0) is 12.8 Å². The number of nitrogens with zero attached hydrogens (tertiary/aromatic N) is 2. The van der Waals surface area contributed by atoms with Gasteiger partial charge in [-0.05, 0) is 67.2 Å². The van der Waals surface area contributed by atoms with Crippen molar-refractivity contribution in [1.82, 2.24) is 9.97 Å². The molecule has 5 rings (SSSR count). The van der Waals surface area contributed by atoms with Crippen LogP contribution in [0.2, 0.25) is 0 Å². The van der Waals surface area contributed by atoms with E-state index in [4.69, 9.17) is 13.9 Å². The fraction of sp³-hybridized carbons (Fsp3) is 0.200. The number of hydrogen-bond acceptors (Lipinski definition) is 8. The molecule has 1 aromatic carbocycles. The minimum absolute atomic E-state index is 0.0680. The van der Waals surface area contributed by atoms with Gasteiger partial charge in [0.1, 0.15) is 10.9 Å². The van der Waals surface area contributed by atoms with Crippen molar-refractivity contribution in [2.45, 2.75) is 25.7 Å². The van der Waals surface area contributed by atoms with Crippen molar-refractivity contribution in [2.75, 3.05) is 7.11 Å². The molecule has 0 fully saturated rings. The third-order valence-corrected chi connectivity index (χ3v) is 6.81. The Labute approximate surface area is 198 Å². The van der Waals surface area contributed by atoms with Gasteiger partial charge in [0.05, 0.1) is 24.3 Å². The van der Waals surface area contributed by atoms with Crippen molar-refractivity contribution in [3.8, 4) is 17.6 Å². The molecular formula is C25H19N3O5S. The second-order valence-corrected chi connectivity index (χ2v) is 8.84. The minimum atomic E-state index is -0.655. The normalized spacial score (nSPS) is 13.4. The molecule has 0 saturated carbocycles. The van der Waals surface area contributed by atoms with Gasteiger partial charge < -0.3 is 18.9 Å². The van der Waals surface area contributed by atoms with Crippen LogP contribution in [0.5, 0.6) is 11.5 Å². The number of aromatic nitrogens is 2. The number of carbonyl (C=O) groups is 1. The quantitative estimate of drug-likeness (QED) is 0.252. The fourth-order valence-corrected chi connectivity index (χ4v) is 5.28. The molecule has 0 bridgehead atoms. The third-order valence-electron chi connectivity index (χ3n) is 5.62. The maximum atomic E-state index is 12.8. The van der Waals surface area contributed by atoms with E-state index < -0.39 is 5.97 Å². The van der Waals surface area contributed by atoms with E-state index in [1.807, 2.05) is 0 Å². The molecule has 1 aliphatic rings. The smallest absolute Gasteiger partial charge is 0.379 e. The van der Waals surface area contributed by atoms with Crippen LogP contribution < -0.4 is 15.0 Å². The Morgan fingerprint density at radius 2 is 2.12 bits per heavy atom. The van der Waals surface area contributed by atoms with E-state index in [1.165, 1.54) is 35.7 Å². The SMILES string of the molecule is COc1cc(/C=C(\C#N)c2nc3sc4c(c3c(=O)[nH]2)CCCC4)ccc1OC(=O)c1ccco1. The zero-order valence-corrected chi connectivity index (χ0v) is 19.0. The summed E-state index contributed by atoms with van der Waals surface area (Å²) >= 11 is 1.53. The Balaban J connectivity index is 1.48. The lowest BCUT2D eigenvalue weighted by molar-refractivity contribution is 0.0696. The molecule has 0 radical (unpaired) electrons. The highest BCUT2D eigenvalue weighted by molar-refractivity contribution is 7.18. The van der Waals surface area contributed by atoms with Crippen molar-refractivity contribution in [1.29, 1.82) is 5.26 Å². The number of thiophene rings is 1. The molecule has 0 saturated heterocycles. The van der Waals surface area contributed by atoms with E-state index >= 15 is 0 Å². The monoisotopic (exact) mass is 473 g/mol. The highest BCUT2D eigenvalue weighted by atomic mass is 32.1. The maximum absolute atomic E-state index is 12.8. The number of carbonyl (C=O) groups excluding carboxylic acids is 1. The van der Waals surface area contributed by atoms with Crippen LogP contribution in [0.1, 0.15) is 45.2 Å². The van der Waals surface area contributed by atoms with Gasteiger partial charge in [0.2, 0.25) is 5.76 Å². The van der Waals surface area contributed by atoms with Gasteiger partial charge in [0.15, 0.2) is 17.3 Å². The first-order valence-corrected chi connectivity index (χ1v) is 11.5. The van der Waals surface area contributed by atoms with Crippen molar-refractivity contribution < 1.29 is 18.7 Å². The number of H-pyrrole nitrogens is 1. The molecule has 170 valence electrons. The molecule has 34 heavy (non-hydrogen) atoms. The number of benzene rings is 1. The Morgan fingerprint density at radius 3 is 2.88 bits per heavy atom. The molecule has 3 heterocycles. The van der Waals surface area contributed by atoms with E-state index in [2.05, 4.69) is 16.0 Å². The highest BCUT2D eigenvalue weighted by Crippen LogP contribution is 2.34. The van der Waals surface area contributed by atoms with Gasteiger partial charge in [-0.3, -0.25) is 4.79 Å². The van der Waals surface area contributed by atoms with Gasteiger partial charge in [0, 0.05) is 4.88 Å². The zero-order valence-electron chi connectivity index (χ0n) is 18.2. The first-order valence-electron chi connectivity index (χ1n) is 10.7. The molecular weight excluding hydrogens is 454 g/mol. The number of nitriles is 1. The van der Waals surface area contributed by atoms with Gasteiger partial charge in [0.25, 0.3) is 5.56 Å². The van der Waals surface area contributed by atoms with Gasteiger partial charge >= 0.3 is 5.97 Å². The number of methoxy groups -OCH3 is 1. The molecule has 3 aromatic heterocycles. The fourth-order valence-electron chi connectivity index (χ4n) is 4.01. The molecule has 0 aliphatic heterocycles. The van der Waals surface area contributed by atoms with Crippen LogP contribution in [0.4, 0.5) is 0 Å². The molecule has 8 nitrogen and oxygen atoms in total. The number of allylic oxidation sites excluding steroid dienone is 1. The summed E-state index contributed by atoms with van der Waals surface area (Å²) in [5.41, 5.74) is 1.68. The Kier molecular flexibility index (Phi) is 5.74. The van der Waals surface area contributed by atoms with E-state index in [9.17, 15) is 14.9 Å². The summed E-state index contributed by atoms with van der Waals surface area (Å²) in [5, 5.41) is 10.4. The summed E-state index contributed by atoms with van der Waals surface area (Å²) in [6.45, 7) is 0. The van der Waals surface area contributed by atoms with E-state index in [-0.39, 0.29) is 28.5 Å². The summed E-state index contributed by atoms with van der Waals surface area (Å²) < 4.78 is 15.8. The first kappa shape index (κ1) is 21.7. The summed E-state index contributed by atoms with van der Waals surface area (Å²) in [7, 11) is 1.45. The van der Waals surface area contributed by atoms with Gasteiger partial charge in [-0.15, -0.1) is 11.3 Å². The van der Waals surface area contributed by atoms with Crippen LogP contribution in [0.3, 0.4) is 0 Å². The molecule has 0 atom stereocenters. The lowest BCUT2D eigenvalue weighted by atomic mass is 9.97. The lowest BCUT2D eigenvalue weighted by Gasteiger charge is -2.10. The van der Waals surface area contributed by atoms with Crippen molar-refractivity contribution in [3.63, 3.8) is 0 Å². The molecule has 9 heteroatoms. The highest BCUT2D eigenvalue weighted by Gasteiger charge is 2.21. The van der Waals surface area contributed by atoms with Crippen LogP contribution in [0.15, 0.2) is 45.8 Å². The Morgan fingerprint density at radius 1 is 1.26 bits per heavy atom. The van der Waals surface area contributed by atoms with Gasteiger partial charge in [-0.1, -0.05) is 6.07 Å². The average molecular weight is 474 g/mol. The van der Waals surface area contributed by atoms with Crippen LogP contribution in [0, 0.1) is 11.3 Å². The lowest BCUT2D eigenvalue weighted by Crippen LogP contribution is -2.12. The maximum Gasteiger partial charge on any atom is 0.379 e. The number of esters is 1. The molecule has 0 unspecified atom stereocenters. The topological polar surface area (TPSA) is 118 Å². The number of aromatic amines is 1. The standard InChI is InChI=1S/C25H19N3O5S/c1-31-19-12-14(8-9-17(19)33-25(30)18-6-4-10-32-18)11-15(13-26)22-27-23(29)21-16-5-2-3-7-20(16)34-24(21)28-22/h4,6,8-12H,2-3,5,7H2,1H3,(H,27,28,29)/b15-11+. The van der Waals surface area contributed by atoms with Crippen molar-refractivity contribution >= 4 is 39.2 Å². The summed E-state index contributed by atoms with van der Waals surface area (Å²) in [6.07, 6.45) is 7.00.